The van der Waals surface area contributed by atoms with E-state index < -0.39 is 10.8 Å². The van der Waals surface area contributed by atoms with E-state index >= 15 is 0 Å². The second-order valence-corrected chi connectivity index (χ2v) is 6.71. The Bertz CT molecular complexity index is 947. The number of hydrogen-bond donors (Lipinski definition) is 1. The maximum atomic E-state index is 12.5. The van der Waals surface area contributed by atoms with Crippen LogP contribution in [0.1, 0.15) is 22.3 Å². The summed E-state index contributed by atoms with van der Waals surface area (Å²) in [5, 5.41) is 13.5. The third-order valence-electron chi connectivity index (χ3n) is 4.43. The van der Waals surface area contributed by atoms with Gasteiger partial charge in [0, 0.05) is 37.2 Å². The molecule has 3 rings (SSSR count). The quantitative estimate of drug-likeness (QED) is 0.608. The van der Waals surface area contributed by atoms with Crippen LogP contribution in [0.4, 0.5) is 17.1 Å². The molecule has 0 aromatic heterocycles. The summed E-state index contributed by atoms with van der Waals surface area (Å²) in [4.78, 5) is 36.6. The number of carbonyl (C=O) groups is 2. The summed E-state index contributed by atoms with van der Waals surface area (Å²) in [7, 11) is 1.48. The lowest BCUT2D eigenvalue weighted by Gasteiger charge is -2.29. The highest BCUT2D eigenvalue weighted by Crippen LogP contribution is 2.30. The van der Waals surface area contributed by atoms with Crippen LogP contribution in [0.5, 0.6) is 0 Å². The highest BCUT2D eigenvalue weighted by Gasteiger charge is 2.23. The van der Waals surface area contributed by atoms with E-state index in [1.54, 1.807) is 17.0 Å². The van der Waals surface area contributed by atoms with Gasteiger partial charge in [0.1, 0.15) is 6.61 Å². The Kier molecular flexibility index (Phi) is 5.91. The molecule has 0 unspecified atom stereocenters. The van der Waals surface area contributed by atoms with Gasteiger partial charge in [-0.3, -0.25) is 19.7 Å². The summed E-state index contributed by atoms with van der Waals surface area (Å²) in [6.07, 6.45) is 1.60. The number of benzene rings is 2. The lowest BCUT2D eigenvalue weighted by Crippen LogP contribution is -2.37. The molecule has 0 atom stereocenters. The van der Waals surface area contributed by atoms with Gasteiger partial charge in [-0.15, -0.1) is 0 Å². The van der Waals surface area contributed by atoms with Gasteiger partial charge in [-0.1, -0.05) is 11.6 Å². The highest BCUT2D eigenvalue weighted by molar-refractivity contribution is 6.34. The van der Waals surface area contributed by atoms with Crippen LogP contribution >= 0.6 is 11.6 Å². The number of amides is 2. The molecule has 0 saturated heterocycles. The molecule has 0 fully saturated rings. The molecular formula is C19H18ClN3O5. The Morgan fingerprint density at radius 1 is 1.29 bits per heavy atom. The van der Waals surface area contributed by atoms with Gasteiger partial charge in [0.25, 0.3) is 17.5 Å². The number of methoxy groups -OCH3 is 1. The molecule has 2 aromatic carbocycles. The first-order chi connectivity index (χ1) is 13.4. The van der Waals surface area contributed by atoms with Crippen molar-refractivity contribution in [2.24, 2.45) is 0 Å². The molecule has 2 aromatic rings. The number of fused-ring (bicyclic) bond motifs is 1. The number of anilines is 2. The van der Waals surface area contributed by atoms with E-state index in [1.807, 2.05) is 6.07 Å². The largest absolute Gasteiger partial charge is 0.375 e. The minimum atomic E-state index is -0.576. The molecule has 0 saturated carbocycles. The van der Waals surface area contributed by atoms with Gasteiger partial charge >= 0.3 is 0 Å². The van der Waals surface area contributed by atoms with Crippen molar-refractivity contribution in [3.05, 3.63) is 62.7 Å². The number of carbonyl (C=O) groups excluding carboxylic acids is 2. The fraction of sp³-hybridized carbons (Fsp3) is 0.263. The third kappa shape index (κ3) is 4.13. The number of halogens is 1. The van der Waals surface area contributed by atoms with E-state index in [0.717, 1.165) is 30.2 Å². The molecule has 0 spiro atoms. The van der Waals surface area contributed by atoms with Crippen molar-refractivity contribution in [1.82, 2.24) is 0 Å². The normalized spacial score (nSPS) is 13.0. The zero-order valence-corrected chi connectivity index (χ0v) is 15.9. The first-order valence-electron chi connectivity index (χ1n) is 8.58. The van der Waals surface area contributed by atoms with Crippen molar-refractivity contribution < 1.29 is 19.2 Å². The molecule has 9 heteroatoms. The molecule has 1 aliphatic rings. The van der Waals surface area contributed by atoms with Crippen molar-refractivity contribution in [2.75, 3.05) is 30.5 Å². The van der Waals surface area contributed by atoms with E-state index in [-0.39, 0.29) is 28.8 Å². The van der Waals surface area contributed by atoms with Crippen LogP contribution < -0.4 is 10.2 Å². The van der Waals surface area contributed by atoms with E-state index in [0.29, 0.717) is 12.2 Å². The van der Waals surface area contributed by atoms with E-state index in [2.05, 4.69) is 5.32 Å². The fourth-order valence-electron chi connectivity index (χ4n) is 3.14. The van der Waals surface area contributed by atoms with Crippen LogP contribution in [-0.2, 0) is 16.0 Å². The molecule has 1 heterocycles. The second kappa shape index (κ2) is 8.37. The number of nitrogens with one attached hydrogen (secondary N) is 1. The lowest BCUT2D eigenvalue weighted by molar-refractivity contribution is -0.384. The van der Waals surface area contributed by atoms with Crippen LogP contribution in [0.25, 0.3) is 0 Å². The molecule has 0 bridgehead atoms. The minimum absolute atomic E-state index is 0.000924. The molecule has 146 valence electrons. The minimum Gasteiger partial charge on any atom is -0.375 e. The van der Waals surface area contributed by atoms with Crippen LogP contribution in [0, 0.1) is 10.1 Å². The summed E-state index contributed by atoms with van der Waals surface area (Å²) >= 11 is 6.01. The maximum absolute atomic E-state index is 12.5. The molecule has 0 radical (unpaired) electrons. The van der Waals surface area contributed by atoms with Gasteiger partial charge in [-0.25, -0.2) is 0 Å². The molecule has 0 aliphatic carbocycles. The maximum Gasteiger partial charge on any atom is 0.270 e. The monoisotopic (exact) mass is 403 g/mol. The lowest BCUT2D eigenvalue weighted by atomic mass is 10.0. The molecule has 28 heavy (non-hydrogen) atoms. The number of nitro benzene ring substituents is 1. The Balaban J connectivity index is 1.80. The molecule has 2 amide bonds. The fourth-order valence-corrected chi connectivity index (χ4v) is 3.40. The third-order valence-corrected chi connectivity index (χ3v) is 4.75. The Hall–Kier alpha value is -2.97. The second-order valence-electron chi connectivity index (χ2n) is 6.30. The molecular weight excluding hydrogens is 386 g/mol. The topological polar surface area (TPSA) is 102 Å². The zero-order chi connectivity index (χ0) is 20.3. The number of hydrogen-bond acceptors (Lipinski definition) is 5. The van der Waals surface area contributed by atoms with Crippen LogP contribution in [0.15, 0.2) is 36.4 Å². The van der Waals surface area contributed by atoms with Gasteiger partial charge in [0.05, 0.1) is 15.5 Å². The smallest absolute Gasteiger partial charge is 0.270 e. The molecule has 8 nitrogen and oxygen atoms in total. The van der Waals surface area contributed by atoms with Crippen molar-refractivity contribution in [3.8, 4) is 0 Å². The predicted molar refractivity (Wildman–Crippen MR) is 105 cm³/mol. The molecule has 1 N–H and O–H groups in total. The first-order valence-corrected chi connectivity index (χ1v) is 8.96. The summed E-state index contributed by atoms with van der Waals surface area (Å²) in [6, 6.07) is 9.00. The van der Waals surface area contributed by atoms with Crippen LogP contribution in [-0.4, -0.2) is 37.0 Å². The van der Waals surface area contributed by atoms with Crippen LogP contribution in [0.2, 0.25) is 5.02 Å². The average Bonchev–Trinajstić information content (AvgIpc) is 2.67. The summed E-state index contributed by atoms with van der Waals surface area (Å²) in [5.74, 6) is -0.583. The highest BCUT2D eigenvalue weighted by atomic mass is 35.5. The van der Waals surface area contributed by atoms with Crippen molar-refractivity contribution in [2.45, 2.75) is 12.8 Å². The SMILES string of the molecule is COCC(=O)N1CCCc2cc(NC(=O)c3ccc([N+](=O)[O-])cc3Cl)ccc21. The average molecular weight is 404 g/mol. The van der Waals surface area contributed by atoms with Crippen molar-refractivity contribution in [3.63, 3.8) is 0 Å². The number of ether oxygens (including phenoxy) is 1. The molecule has 1 aliphatic heterocycles. The Morgan fingerprint density at radius 2 is 2.07 bits per heavy atom. The van der Waals surface area contributed by atoms with Gasteiger partial charge in [0.2, 0.25) is 0 Å². The van der Waals surface area contributed by atoms with Gasteiger partial charge in [0.15, 0.2) is 0 Å². The van der Waals surface area contributed by atoms with Gasteiger partial charge < -0.3 is 15.0 Å². The Morgan fingerprint density at radius 3 is 2.75 bits per heavy atom. The van der Waals surface area contributed by atoms with Gasteiger partial charge in [-0.2, -0.15) is 0 Å². The Labute approximate surface area is 166 Å². The van der Waals surface area contributed by atoms with Crippen molar-refractivity contribution in [1.29, 1.82) is 0 Å². The standard InChI is InChI=1S/C19H18ClN3O5/c1-28-11-18(24)22-8-2-3-12-9-13(4-7-17(12)22)21-19(25)15-6-5-14(23(26)27)10-16(15)20/h4-7,9-10H,2-3,8,11H2,1H3,(H,21,25). The van der Waals surface area contributed by atoms with E-state index in [1.165, 1.54) is 19.2 Å². The summed E-state index contributed by atoms with van der Waals surface area (Å²) in [5.41, 5.74) is 2.26. The van der Waals surface area contributed by atoms with E-state index in [4.69, 9.17) is 16.3 Å². The summed E-state index contributed by atoms with van der Waals surface area (Å²) < 4.78 is 4.93. The number of non-ortho nitro benzene ring substituents is 1. The van der Waals surface area contributed by atoms with Crippen molar-refractivity contribution >= 4 is 40.5 Å². The number of nitro groups is 1. The number of nitrogens with zero attached hydrogens (tertiary/aromatic N) is 2. The predicted octanol–water partition coefficient (Wildman–Crippen LogP) is 3.43. The number of aryl methyl sites for hydroxylation is 1. The van der Waals surface area contributed by atoms with Crippen LogP contribution in [0.3, 0.4) is 0 Å². The zero-order valence-electron chi connectivity index (χ0n) is 15.1. The summed E-state index contributed by atoms with van der Waals surface area (Å²) in [6.45, 7) is 0.635. The number of rotatable bonds is 5. The first kappa shape index (κ1) is 19.8. The van der Waals surface area contributed by atoms with E-state index in [9.17, 15) is 19.7 Å². The van der Waals surface area contributed by atoms with Gasteiger partial charge in [-0.05, 0) is 42.7 Å².